The molecule has 19 heavy (non-hydrogen) atoms. The first-order chi connectivity index (χ1) is 8.85. The van der Waals surface area contributed by atoms with Gasteiger partial charge in [0.2, 0.25) is 0 Å². The number of rotatable bonds is 6. The van der Waals surface area contributed by atoms with Gasteiger partial charge in [0.1, 0.15) is 5.79 Å². The van der Waals surface area contributed by atoms with Crippen molar-refractivity contribution >= 4 is 24.4 Å². The van der Waals surface area contributed by atoms with Crippen LogP contribution in [-0.2, 0) is 0 Å². The Kier molecular flexibility index (Phi) is 4.57. The predicted octanol–water partition coefficient (Wildman–Crippen LogP) is -0.441. The van der Waals surface area contributed by atoms with Gasteiger partial charge in [-0.3, -0.25) is 17.2 Å². The molecule has 1 rings (SSSR count). The molecule has 6 nitrogen and oxygen atoms in total. The van der Waals surface area contributed by atoms with Crippen molar-refractivity contribution < 1.29 is 4.57 Å². The molecule has 1 heterocycles. The van der Waals surface area contributed by atoms with Crippen LogP contribution in [-0.4, -0.2) is 16.8 Å². The van der Waals surface area contributed by atoms with E-state index in [1.54, 1.807) is 35.1 Å². The van der Waals surface area contributed by atoms with Crippen molar-refractivity contribution in [2.45, 2.75) is 11.8 Å². The molecule has 0 aliphatic heterocycles. The Morgan fingerprint density at radius 1 is 1.16 bits per heavy atom. The molecule has 0 fully saturated rings. The summed E-state index contributed by atoms with van der Waals surface area (Å²) < 4.78 is 1.80. The molecule has 1 unspecified atom stereocenters. The van der Waals surface area contributed by atoms with Gasteiger partial charge < -0.3 is 5.73 Å². The van der Waals surface area contributed by atoms with Gasteiger partial charge in [0.15, 0.2) is 11.4 Å². The summed E-state index contributed by atoms with van der Waals surface area (Å²) in [5.41, 5.74) is 23.9. The number of imidazole rings is 1. The first kappa shape index (κ1) is 15.1. The Hall–Kier alpha value is -1.99. The van der Waals surface area contributed by atoms with Crippen LogP contribution in [0.3, 0.4) is 0 Å². The van der Waals surface area contributed by atoms with E-state index in [2.05, 4.69) is 24.7 Å². The number of nitrogens with two attached hydrogens (primary N) is 4. The molecule has 0 spiro atoms. The molecule has 0 saturated heterocycles. The van der Waals surface area contributed by atoms with Crippen molar-refractivity contribution in [3.05, 3.63) is 43.0 Å². The third-order valence-electron chi connectivity index (χ3n) is 2.68. The predicted molar refractivity (Wildman–Crippen MR) is 79.9 cm³/mol. The van der Waals surface area contributed by atoms with Gasteiger partial charge in [0.25, 0.3) is 5.82 Å². The maximum absolute atomic E-state index is 5.75. The number of nitrogens with zero attached hydrogens (tertiary/aromatic N) is 1. The molecule has 0 saturated carbocycles. The van der Waals surface area contributed by atoms with Crippen molar-refractivity contribution in [3.63, 3.8) is 0 Å². The van der Waals surface area contributed by atoms with E-state index < -0.39 is 11.8 Å². The molecular formula is C13H21N6+. The van der Waals surface area contributed by atoms with Crippen molar-refractivity contribution in [1.29, 1.82) is 0 Å². The first-order valence-electron chi connectivity index (χ1n) is 5.70. The van der Waals surface area contributed by atoms with Gasteiger partial charge in [0, 0.05) is 6.08 Å². The molecule has 0 aromatic carbocycles. The highest BCUT2D eigenvalue weighted by molar-refractivity contribution is 5.58. The quantitative estimate of drug-likeness (QED) is 0.352. The summed E-state index contributed by atoms with van der Waals surface area (Å²) in [4.78, 5) is 3.15. The van der Waals surface area contributed by atoms with Crippen LogP contribution in [0.4, 0.5) is 0 Å². The highest BCUT2D eigenvalue weighted by atomic mass is 15.2. The summed E-state index contributed by atoms with van der Waals surface area (Å²) in [6, 6.07) is -0.687. The fraction of sp³-hybridized carbons (Fsp3) is 0.154. The molecule has 0 amide bonds. The smallest absolute Gasteiger partial charge is 0.284 e. The van der Waals surface area contributed by atoms with Crippen molar-refractivity contribution in [1.82, 2.24) is 4.98 Å². The molecule has 1 aromatic rings. The van der Waals surface area contributed by atoms with Gasteiger partial charge in [-0.25, -0.2) is 4.98 Å². The third-order valence-corrected chi connectivity index (χ3v) is 2.68. The van der Waals surface area contributed by atoms with Crippen LogP contribution >= 0.6 is 0 Å². The molecular weight excluding hydrogens is 240 g/mol. The normalized spacial score (nSPS) is 13.5. The van der Waals surface area contributed by atoms with Gasteiger partial charge >= 0.3 is 0 Å². The van der Waals surface area contributed by atoms with Gasteiger partial charge in [-0.15, -0.1) is 0 Å². The lowest BCUT2D eigenvalue weighted by molar-refractivity contribution is -0.570. The number of hydrogen-bond acceptors (Lipinski definition) is 4. The van der Waals surface area contributed by atoms with Crippen molar-refractivity contribution in [3.8, 4) is 0 Å². The maximum Gasteiger partial charge on any atom is 0.284 e. The molecule has 6 heteroatoms. The zero-order valence-electron chi connectivity index (χ0n) is 10.8. The summed E-state index contributed by atoms with van der Waals surface area (Å²) in [5.74, 6) is -0.732. The topological polar surface area (TPSA) is 124 Å². The monoisotopic (exact) mass is 261 g/mol. The molecule has 1 atom stereocenters. The van der Waals surface area contributed by atoms with Gasteiger partial charge in [-0.1, -0.05) is 25.8 Å². The summed E-state index contributed by atoms with van der Waals surface area (Å²) >= 11 is 0. The second-order valence-corrected chi connectivity index (χ2v) is 4.15. The van der Waals surface area contributed by atoms with E-state index in [0.717, 1.165) is 17.2 Å². The number of hydrogen-bond donors (Lipinski definition) is 5. The third kappa shape index (κ3) is 3.27. The second kappa shape index (κ2) is 5.77. The van der Waals surface area contributed by atoms with E-state index in [1.807, 2.05) is 0 Å². The zero-order valence-corrected chi connectivity index (χ0v) is 10.8. The maximum atomic E-state index is 5.75. The molecule has 0 bridgehead atoms. The zero-order chi connectivity index (χ0) is 14.6. The molecule has 0 aliphatic carbocycles. The first-order valence-corrected chi connectivity index (χ1v) is 5.70. The average molecular weight is 261 g/mol. The van der Waals surface area contributed by atoms with Crippen LogP contribution in [0.15, 0.2) is 25.8 Å². The number of nitrogens with one attached hydrogen (secondary N) is 1. The Bertz CT molecular complexity index is 518. The van der Waals surface area contributed by atoms with Crippen LogP contribution in [0, 0.1) is 0 Å². The van der Waals surface area contributed by atoms with Gasteiger partial charge in [-0.05, 0) is 12.2 Å². The van der Waals surface area contributed by atoms with Crippen LogP contribution in [0.1, 0.15) is 17.2 Å². The molecule has 9 N–H and O–H groups in total. The van der Waals surface area contributed by atoms with E-state index in [1.165, 1.54) is 0 Å². The van der Waals surface area contributed by atoms with Crippen molar-refractivity contribution in [2.24, 2.45) is 22.9 Å². The minimum Gasteiger partial charge on any atom is -0.321 e. The molecule has 0 aliphatic rings. The van der Waals surface area contributed by atoms with E-state index in [9.17, 15) is 0 Å². The summed E-state index contributed by atoms with van der Waals surface area (Å²) in [6.45, 7) is 11.2. The standard InChI is InChI=1S/C13H20N6/c1-4-9-10(5-2)19(6-3)12(18-9)8-7-11(14)13(15,16)17/h4-8,11H,1-3,14-17H2/p+1. The lowest BCUT2D eigenvalue weighted by Gasteiger charge is -2.23. The lowest BCUT2D eigenvalue weighted by atomic mass is 10.1. The molecule has 0 radical (unpaired) electrons. The van der Waals surface area contributed by atoms with E-state index in [-0.39, 0.29) is 0 Å². The average Bonchev–Trinajstić information content (AvgIpc) is 2.71. The number of aromatic amines is 1. The Morgan fingerprint density at radius 2 is 1.79 bits per heavy atom. The van der Waals surface area contributed by atoms with Crippen LogP contribution in [0.5, 0.6) is 0 Å². The van der Waals surface area contributed by atoms with E-state index in [0.29, 0.717) is 0 Å². The second-order valence-electron chi connectivity index (χ2n) is 4.15. The molecule has 102 valence electrons. The van der Waals surface area contributed by atoms with Gasteiger partial charge in [-0.2, -0.15) is 4.57 Å². The van der Waals surface area contributed by atoms with E-state index in [4.69, 9.17) is 22.9 Å². The number of aromatic nitrogens is 2. The van der Waals surface area contributed by atoms with Crippen LogP contribution in [0.25, 0.3) is 24.4 Å². The minimum absolute atomic E-state index is 0.687. The molecule has 1 aromatic heterocycles. The van der Waals surface area contributed by atoms with Crippen molar-refractivity contribution in [2.75, 3.05) is 0 Å². The Balaban J connectivity index is 3.18. The van der Waals surface area contributed by atoms with Crippen LogP contribution < -0.4 is 27.5 Å². The van der Waals surface area contributed by atoms with Gasteiger partial charge in [0.05, 0.1) is 12.2 Å². The summed E-state index contributed by atoms with van der Waals surface area (Å²) in [7, 11) is 0. The Labute approximate surface area is 112 Å². The highest BCUT2D eigenvalue weighted by Crippen LogP contribution is 2.09. The highest BCUT2D eigenvalue weighted by Gasteiger charge is 2.21. The Morgan fingerprint density at radius 3 is 2.21 bits per heavy atom. The minimum atomic E-state index is -1.47. The van der Waals surface area contributed by atoms with E-state index >= 15 is 0 Å². The lowest BCUT2D eigenvalue weighted by Crippen LogP contribution is -2.68. The fourth-order valence-electron chi connectivity index (χ4n) is 1.57. The fourth-order valence-corrected chi connectivity index (χ4v) is 1.57. The summed E-state index contributed by atoms with van der Waals surface area (Å²) in [6.07, 6.45) is 8.38. The largest absolute Gasteiger partial charge is 0.321 e. The number of H-pyrrole nitrogens is 1. The van der Waals surface area contributed by atoms with Crippen LogP contribution in [0.2, 0.25) is 0 Å². The SMILES string of the molecule is C=Cc1[nH]c(C=CC(N)C(N)(N)N)[n+](C=C)c1C=C. The summed E-state index contributed by atoms with van der Waals surface area (Å²) in [5, 5.41) is 0.